The van der Waals surface area contributed by atoms with Crippen molar-refractivity contribution in [3.63, 3.8) is 0 Å². The molecule has 9 nitrogen and oxygen atoms in total. The number of aliphatic hydroxyl groups is 1. The molecule has 0 bridgehead atoms. The molecule has 3 unspecified atom stereocenters. The van der Waals surface area contributed by atoms with E-state index < -0.39 is 30.2 Å². The number of aromatic nitrogens is 3. The number of hydrogen-bond acceptors (Lipinski definition) is 9. The van der Waals surface area contributed by atoms with Crippen molar-refractivity contribution < 1.29 is 37.2 Å². The summed E-state index contributed by atoms with van der Waals surface area (Å²) >= 11 is 0. The van der Waals surface area contributed by atoms with Gasteiger partial charge in [-0.1, -0.05) is 18.4 Å². The highest BCUT2D eigenvalue weighted by Crippen LogP contribution is 2.48. The Labute approximate surface area is 280 Å². The van der Waals surface area contributed by atoms with Gasteiger partial charge in [0.25, 0.3) is 6.43 Å². The van der Waals surface area contributed by atoms with Crippen LogP contribution >= 0.6 is 0 Å². The van der Waals surface area contributed by atoms with E-state index in [1.165, 1.54) is 30.2 Å². The van der Waals surface area contributed by atoms with Crippen molar-refractivity contribution in [2.24, 2.45) is 5.41 Å². The first-order valence-electron chi connectivity index (χ1n) is 16.4. The Morgan fingerprint density at radius 3 is 2.59 bits per heavy atom. The van der Waals surface area contributed by atoms with Gasteiger partial charge >= 0.3 is 6.01 Å². The minimum atomic E-state index is -3.03. The van der Waals surface area contributed by atoms with Crippen LogP contribution in [0.25, 0.3) is 32.9 Å². The topological polar surface area (TPSA) is 104 Å². The number of phenols is 1. The summed E-state index contributed by atoms with van der Waals surface area (Å²) in [4.78, 5) is 17.4. The summed E-state index contributed by atoms with van der Waals surface area (Å²) in [7, 11) is 3.41. The minimum Gasteiger partial charge on any atom is -0.508 e. The highest BCUT2D eigenvalue weighted by molar-refractivity contribution is 6.04. The van der Waals surface area contributed by atoms with E-state index in [1.807, 2.05) is 0 Å². The highest BCUT2D eigenvalue weighted by Gasteiger charge is 2.48. The number of terminal acetylenes is 1. The molecule has 0 amide bonds. The molecule has 1 aliphatic carbocycles. The molecule has 2 aromatic carbocycles. The Kier molecular flexibility index (Phi) is 8.43. The summed E-state index contributed by atoms with van der Waals surface area (Å²) in [5, 5.41) is 21.9. The number of pyridine rings is 1. The second-order valence-corrected chi connectivity index (χ2v) is 13.6. The van der Waals surface area contributed by atoms with E-state index in [0.717, 1.165) is 44.7 Å². The maximum atomic E-state index is 17.0. The van der Waals surface area contributed by atoms with Gasteiger partial charge in [-0.15, -0.1) is 6.42 Å². The van der Waals surface area contributed by atoms with Crippen molar-refractivity contribution in [1.29, 1.82) is 0 Å². The zero-order valence-corrected chi connectivity index (χ0v) is 27.3. The number of fused-ring (bicyclic) bond motifs is 3. The van der Waals surface area contributed by atoms with Gasteiger partial charge < -0.3 is 29.5 Å². The number of hydrogen-bond donors (Lipinski definition) is 2. The largest absolute Gasteiger partial charge is 0.508 e. The zero-order chi connectivity index (χ0) is 34.7. The number of methoxy groups -OCH3 is 1. The van der Waals surface area contributed by atoms with Crippen molar-refractivity contribution in [2.75, 3.05) is 45.3 Å². The number of aromatic hydroxyl groups is 1. The number of rotatable bonds is 7. The molecule has 49 heavy (non-hydrogen) atoms. The van der Waals surface area contributed by atoms with Crippen LogP contribution in [0.3, 0.4) is 0 Å². The monoisotopic (exact) mass is 679 g/mol. The molecule has 258 valence electrons. The van der Waals surface area contributed by atoms with Crippen molar-refractivity contribution >= 4 is 27.5 Å². The highest BCUT2D eigenvalue weighted by atomic mass is 19.3. The Bertz CT molecular complexity index is 1990. The molecule has 4 heterocycles. The van der Waals surface area contributed by atoms with Gasteiger partial charge in [0.2, 0.25) is 5.88 Å². The average Bonchev–Trinajstić information content (AvgIpc) is 3.53. The number of halogens is 4. The van der Waals surface area contributed by atoms with Crippen LogP contribution in [0.4, 0.5) is 23.4 Å². The number of piperidine rings is 2. The standard InChI is InChI=1S/C36H37F4N5O4/c1-4-22-24(37)10-9-20-16-21(46)17-23(26(20)22)29-28(38)30-27(32(41-29)48-3)31(45-15-7-13-36(47,18-45)33(39)40)43-34(42-30)49-19-35-11-5-8-25(35)44(2)14-6-12-35/h1,9-10,16-17,25,33,46-47H,5-8,11-15,18-19H2,2-3H3. The summed E-state index contributed by atoms with van der Waals surface area (Å²) in [6.45, 7) is 1.00. The molecule has 3 fully saturated rings. The number of nitrogens with zero attached hydrogens (tertiary/aromatic N) is 5. The molecule has 7 rings (SSSR count). The van der Waals surface area contributed by atoms with Crippen LogP contribution < -0.4 is 14.4 Å². The van der Waals surface area contributed by atoms with Gasteiger partial charge in [0.05, 0.1) is 25.8 Å². The first kappa shape index (κ1) is 33.1. The van der Waals surface area contributed by atoms with Crippen molar-refractivity contribution in [2.45, 2.75) is 63.0 Å². The van der Waals surface area contributed by atoms with Crippen LogP contribution in [-0.4, -0.2) is 88.5 Å². The van der Waals surface area contributed by atoms with Crippen molar-refractivity contribution in [3.8, 4) is 41.2 Å². The number of benzene rings is 2. The summed E-state index contributed by atoms with van der Waals surface area (Å²) < 4.78 is 72.1. The lowest BCUT2D eigenvalue weighted by Crippen LogP contribution is -2.53. The van der Waals surface area contributed by atoms with E-state index in [2.05, 4.69) is 32.8 Å². The molecule has 3 aliphatic rings. The molecule has 13 heteroatoms. The summed E-state index contributed by atoms with van der Waals surface area (Å²) in [5.74, 6) is 0.251. The molecule has 2 aromatic heterocycles. The molecule has 3 atom stereocenters. The lowest BCUT2D eigenvalue weighted by atomic mass is 9.76. The van der Waals surface area contributed by atoms with E-state index in [9.17, 15) is 23.4 Å². The third-order valence-corrected chi connectivity index (χ3v) is 10.6. The third-order valence-electron chi connectivity index (χ3n) is 10.6. The van der Waals surface area contributed by atoms with Crippen molar-refractivity contribution in [3.05, 3.63) is 41.5 Å². The maximum absolute atomic E-state index is 17.0. The molecule has 2 aliphatic heterocycles. The lowest BCUT2D eigenvalue weighted by molar-refractivity contribution is -0.102. The normalized spacial score (nSPS) is 24.4. The van der Waals surface area contributed by atoms with E-state index >= 15 is 4.39 Å². The smallest absolute Gasteiger partial charge is 0.319 e. The molecule has 0 radical (unpaired) electrons. The first-order valence-corrected chi connectivity index (χ1v) is 16.4. The third kappa shape index (κ3) is 5.55. The van der Waals surface area contributed by atoms with Gasteiger partial charge in [0.1, 0.15) is 39.6 Å². The predicted octanol–water partition coefficient (Wildman–Crippen LogP) is 6.06. The molecule has 1 saturated carbocycles. The minimum absolute atomic E-state index is 0.00856. The van der Waals surface area contributed by atoms with E-state index in [1.54, 1.807) is 0 Å². The Morgan fingerprint density at radius 1 is 1.06 bits per heavy atom. The van der Waals surface area contributed by atoms with Gasteiger partial charge in [-0.3, -0.25) is 0 Å². The fourth-order valence-corrected chi connectivity index (χ4v) is 8.28. The average molecular weight is 680 g/mol. The van der Waals surface area contributed by atoms with Crippen LogP contribution in [0.15, 0.2) is 24.3 Å². The number of anilines is 1. The molecule has 0 spiro atoms. The Morgan fingerprint density at radius 2 is 1.84 bits per heavy atom. The van der Waals surface area contributed by atoms with Crippen LogP contribution in [0.5, 0.6) is 17.6 Å². The van der Waals surface area contributed by atoms with Gasteiger partial charge in [-0.05, 0) is 75.7 Å². The second-order valence-electron chi connectivity index (χ2n) is 13.6. The molecule has 2 N–H and O–H groups in total. The number of likely N-dealkylation sites (tertiary alicyclic amines) is 1. The molecule has 2 saturated heterocycles. The summed E-state index contributed by atoms with van der Waals surface area (Å²) in [6.07, 6.45) is 7.70. The summed E-state index contributed by atoms with van der Waals surface area (Å²) in [6, 6.07) is 5.31. The number of alkyl halides is 2. The first-order chi connectivity index (χ1) is 23.5. The lowest BCUT2D eigenvalue weighted by Gasteiger charge is -2.44. The fourth-order valence-electron chi connectivity index (χ4n) is 8.28. The van der Waals surface area contributed by atoms with E-state index in [-0.39, 0.29) is 88.0 Å². The van der Waals surface area contributed by atoms with Gasteiger partial charge in [-0.25, -0.2) is 22.5 Å². The van der Waals surface area contributed by atoms with Crippen LogP contribution in [0.1, 0.15) is 50.5 Å². The van der Waals surface area contributed by atoms with E-state index in [0.29, 0.717) is 11.4 Å². The van der Waals surface area contributed by atoms with E-state index in [4.69, 9.17) is 15.9 Å². The van der Waals surface area contributed by atoms with Gasteiger partial charge in [0.15, 0.2) is 5.82 Å². The predicted molar refractivity (Wildman–Crippen MR) is 176 cm³/mol. The van der Waals surface area contributed by atoms with Gasteiger partial charge in [0, 0.05) is 29.0 Å². The maximum Gasteiger partial charge on any atom is 0.319 e. The number of phenolic OH excluding ortho intramolecular Hbond substituents is 1. The quantitative estimate of drug-likeness (QED) is 0.178. The number of β-amino-alcohol motifs (C(OH)–C–C–N with tert-alkyl or cyclic N) is 1. The van der Waals surface area contributed by atoms with Gasteiger partial charge in [-0.2, -0.15) is 9.97 Å². The Hall–Kier alpha value is -4.41. The zero-order valence-electron chi connectivity index (χ0n) is 27.3. The molecular weight excluding hydrogens is 642 g/mol. The second kappa shape index (κ2) is 12.5. The SMILES string of the molecule is C#Cc1c(F)ccc2cc(O)cc(-c3nc(OC)c4c(N5CCCC(O)(C(F)F)C5)nc(OCC56CCCC5N(C)CCC6)nc4c3F)c12. The van der Waals surface area contributed by atoms with Crippen LogP contribution in [0, 0.1) is 29.4 Å². The van der Waals surface area contributed by atoms with Crippen LogP contribution in [-0.2, 0) is 0 Å². The van der Waals surface area contributed by atoms with Crippen LogP contribution in [0.2, 0.25) is 0 Å². The Balaban J connectivity index is 1.44. The summed E-state index contributed by atoms with van der Waals surface area (Å²) in [5.41, 5.74) is -3.26. The number of ether oxygens (including phenoxy) is 2. The fraction of sp³-hybridized carbons (Fsp3) is 0.472. The van der Waals surface area contributed by atoms with Crippen molar-refractivity contribution in [1.82, 2.24) is 19.9 Å². The molecule has 4 aromatic rings. The molecular formula is C36H37F4N5O4.